The van der Waals surface area contributed by atoms with E-state index in [1.54, 1.807) is 6.07 Å². The Balaban J connectivity index is 1.98. The van der Waals surface area contributed by atoms with Gasteiger partial charge >= 0.3 is 0 Å². The molecule has 0 saturated carbocycles. The largest absolute Gasteiger partial charge is 0.508 e. The summed E-state index contributed by atoms with van der Waals surface area (Å²) in [6.07, 6.45) is 6.08. The van der Waals surface area contributed by atoms with Crippen LogP contribution in [-0.4, -0.2) is 28.0 Å². The summed E-state index contributed by atoms with van der Waals surface area (Å²) in [4.78, 5) is 14.5. The number of benzene rings is 1. The Morgan fingerprint density at radius 2 is 1.88 bits per heavy atom. The Bertz CT molecular complexity index is 704. The van der Waals surface area contributed by atoms with E-state index in [9.17, 15) is 9.90 Å². The molecule has 0 spiro atoms. The van der Waals surface area contributed by atoms with Gasteiger partial charge in [0.2, 0.25) is 5.91 Å². The van der Waals surface area contributed by atoms with Gasteiger partial charge in [0.25, 0.3) is 0 Å². The molecule has 136 valence electrons. The third-order valence-electron chi connectivity index (χ3n) is 4.39. The Kier molecular flexibility index (Phi) is 5.31. The molecule has 0 saturated heterocycles. The van der Waals surface area contributed by atoms with Crippen molar-refractivity contribution in [2.75, 3.05) is 6.54 Å². The van der Waals surface area contributed by atoms with E-state index in [-0.39, 0.29) is 29.0 Å². The van der Waals surface area contributed by atoms with Crippen molar-refractivity contribution in [1.29, 1.82) is 0 Å². The Labute approximate surface area is 151 Å². The van der Waals surface area contributed by atoms with Crippen molar-refractivity contribution in [3.63, 3.8) is 0 Å². The van der Waals surface area contributed by atoms with E-state index in [4.69, 9.17) is 0 Å². The lowest BCUT2D eigenvalue weighted by atomic mass is 9.86. The summed E-state index contributed by atoms with van der Waals surface area (Å²) in [6, 6.07) is 5.56. The minimum absolute atomic E-state index is 0.0328. The lowest BCUT2D eigenvalue weighted by molar-refractivity contribution is -0.119. The molecule has 4 heteroatoms. The first kappa shape index (κ1) is 19.1. The normalized spacial score (nSPS) is 15.1. The molecule has 0 aromatic heterocycles. The van der Waals surface area contributed by atoms with Crippen LogP contribution in [-0.2, 0) is 16.6 Å². The first-order valence-electron chi connectivity index (χ1n) is 8.74. The number of allylic oxidation sites excluding steroid dienone is 1. The molecule has 1 aliphatic heterocycles. The van der Waals surface area contributed by atoms with Gasteiger partial charge in [-0.2, -0.15) is 0 Å². The van der Waals surface area contributed by atoms with Crippen LogP contribution >= 0.6 is 0 Å². The molecule has 0 atom stereocenters. The lowest BCUT2D eigenvalue weighted by Gasteiger charge is -2.35. The summed E-state index contributed by atoms with van der Waals surface area (Å²) in [7, 11) is 0. The van der Waals surface area contributed by atoms with Crippen LogP contribution in [0.5, 0.6) is 5.75 Å². The maximum absolute atomic E-state index is 12.3. The number of amides is 1. The quantitative estimate of drug-likeness (QED) is 0.877. The van der Waals surface area contributed by atoms with Crippen LogP contribution in [0.15, 0.2) is 42.2 Å². The van der Waals surface area contributed by atoms with Crippen LogP contribution in [0.3, 0.4) is 0 Å². The van der Waals surface area contributed by atoms with Crippen molar-refractivity contribution in [3.8, 4) is 5.75 Å². The molecule has 0 radical (unpaired) electrons. The molecule has 2 N–H and O–H groups in total. The predicted octanol–water partition coefficient (Wildman–Crippen LogP) is 3.86. The van der Waals surface area contributed by atoms with E-state index in [0.717, 1.165) is 17.8 Å². The molecule has 1 amide bonds. The van der Waals surface area contributed by atoms with E-state index in [2.05, 4.69) is 51.8 Å². The second-order valence-electron chi connectivity index (χ2n) is 8.62. The van der Waals surface area contributed by atoms with Crippen molar-refractivity contribution in [2.45, 2.75) is 58.9 Å². The zero-order valence-corrected chi connectivity index (χ0v) is 16.2. The molecule has 0 unspecified atom stereocenters. The van der Waals surface area contributed by atoms with Crippen LogP contribution in [0.4, 0.5) is 0 Å². The van der Waals surface area contributed by atoms with E-state index >= 15 is 0 Å². The zero-order valence-electron chi connectivity index (χ0n) is 16.2. The third kappa shape index (κ3) is 5.12. The monoisotopic (exact) mass is 342 g/mol. The van der Waals surface area contributed by atoms with Crippen LogP contribution in [0, 0.1) is 0 Å². The second-order valence-corrected chi connectivity index (χ2v) is 8.62. The van der Waals surface area contributed by atoms with Gasteiger partial charge in [-0.3, -0.25) is 4.79 Å². The summed E-state index contributed by atoms with van der Waals surface area (Å²) >= 11 is 0. The minimum Gasteiger partial charge on any atom is -0.508 e. The number of carbonyl (C=O) groups is 1. The van der Waals surface area contributed by atoms with Crippen LogP contribution in [0.1, 0.15) is 52.7 Å². The molecule has 1 aromatic carbocycles. The first-order valence-corrected chi connectivity index (χ1v) is 8.74. The van der Waals surface area contributed by atoms with Crippen molar-refractivity contribution in [2.24, 2.45) is 0 Å². The van der Waals surface area contributed by atoms with Crippen LogP contribution < -0.4 is 5.32 Å². The molecule has 1 aromatic rings. The van der Waals surface area contributed by atoms with E-state index in [1.807, 2.05) is 30.5 Å². The third-order valence-corrected chi connectivity index (χ3v) is 4.39. The van der Waals surface area contributed by atoms with Crippen LogP contribution in [0.25, 0.3) is 0 Å². The summed E-state index contributed by atoms with van der Waals surface area (Å²) in [5, 5.41) is 13.1. The van der Waals surface area contributed by atoms with Crippen molar-refractivity contribution in [3.05, 3.63) is 53.4 Å². The Morgan fingerprint density at radius 3 is 2.36 bits per heavy atom. The highest BCUT2D eigenvalue weighted by atomic mass is 16.3. The fraction of sp³-hybridized carbons (Fsp3) is 0.476. The van der Waals surface area contributed by atoms with Gasteiger partial charge in [-0.25, -0.2) is 0 Å². The summed E-state index contributed by atoms with van der Waals surface area (Å²) in [6.45, 7) is 13.5. The standard InChI is InChI=1S/C21H30N2O2/c1-20(2,3)16-8-7-15(18(24)14-16)13-19(25)22-17-9-11-23(12-10-17)21(4,5)6/h7-11,14,24H,12-13H2,1-6H3,(H,22,25). The Morgan fingerprint density at radius 1 is 1.20 bits per heavy atom. The molecule has 0 aliphatic carbocycles. The second kappa shape index (κ2) is 6.95. The van der Waals surface area contributed by atoms with Gasteiger partial charge in [0, 0.05) is 29.5 Å². The number of nitrogens with zero attached hydrogens (tertiary/aromatic N) is 1. The highest BCUT2D eigenvalue weighted by molar-refractivity contribution is 5.81. The summed E-state index contributed by atoms with van der Waals surface area (Å²) < 4.78 is 0. The average molecular weight is 342 g/mol. The van der Waals surface area contributed by atoms with E-state index in [0.29, 0.717) is 5.56 Å². The van der Waals surface area contributed by atoms with Crippen molar-refractivity contribution < 1.29 is 9.90 Å². The molecular formula is C21H30N2O2. The summed E-state index contributed by atoms with van der Waals surface area (Å²) in [5.41, 5.74) is 2.52. The molecule has 4 nitrogen and oxygen atoms in total. The molecule has 1 heterocycles. The highest BCUT2D eigenvalue weighted by Crippen LogP contribution is 2.28. The zero-order chi connectivity index (χ0) is 18.8. The smallest absolute Gasteiger partial charge is 0.228 e. The van der Waals surface area contributed by atoms with Crippen LogP contribution in [0.2, 0.25) is 0 Å². The number of carbonyl (C=O) groups excluding carboxylic acids is 1. The Hall–Kier alpha value is -2.23. The molecule has 25 heavy (non-hydrogen) atoms. The predicted molar refractivity (Wildman–Crippen MR) is 102 cm³/mol. The fourth-order valence-corrected chi connectivity index (χ4v) is 2.64. The number of hydrogen-bond donors (Lipinski definition) is 2. The van der Waals surface area contributed by atoms with Gasteiger partial charge < -0.3 is 15.3 Å². The first-order chi connectivity index (χ1) is 11.5. The van der Waals surface area contributed by atoms with Crippen molar-refractivity contribution >= 4 is 5.91 Å². The topological polar surface area (TPSA) is 52.6 Å². The average Bonchev–Trinajstić information content (AvgIpc) is 2.48. The number of nitrogens with one attached hydrogen (secondary N) is 1. The van der Waals surface area contributed by atoms with E-state index in [1.165, 1.54) is 0 Å². The maximum Gasteiger partial charge on any atom is 0.228 e. The number of rotatable bonds is 3. The van der Waals surface area contributed by atoms with Gasteiger partial charge in [-0.1, -0.05) is 32.9 Å². The highest BCUT2D eigenvalue weighted by Gasteiger charge is 2.20. The van der Waals surface area contributed by atoms with Gasteiger partial charge in [0.05, 0.1) is 6.42 Å². The van der Waals surface area contributed by atoms with E-state index < -0.39 is 0 Å². The number of hydrogen-bond acceptors (Lipinski definition) is 3. The lowest BCUT2D eigenvalue weighted by Crippen LogP contribution is -2.39. The fourth-order valence-electron chi connectivity index (χ4n) is 2.64. The van der Waals surface area contributed by atoms with Gasteiger partial charge in [0.1, 0.15) is 5.75 Å². The maximum atomic E-state index is 12.3. The SMILES string of the molecule is CC(C)(C)c1ccc(CC(=O)NC2=CCN(C(C)(C)C)C=C2)c(O)c1. The molecule has 2 rings (SSSR count). The van der Waals surface area contributed by atoms with Gasteiger partial charge in [-0.15, -0.1) is 0 Å². The van der Waals surface area contributed by atoms with Gasteiger partial charge in [-0.05, 0) is 50.0 Å². The summed E-state index contributed by atoms with van der Waals surface area (Å²) in [5.74, 6) is 0.0496. The molecular weight excluding hydrogens is 312 g/mol. The van der Waals surface area contributed by atoms with Gasteiger partial charge in [0.15, 0.2) is 0 Å². The number of phenols is 1. The minimum atomic E-state index is -0.126. The number of phenolic OH excluding ortho intramolecular Hbond substituents is 1. The molecule has 0 fully saturated rings. The number of aromatic hydroxyl groups is 1. The van der Waals surface area contributed by atoms with Crippen molar-refractivity contribution in [1.82, 2.24) is 10.2 Å². The molecule has 0 bridgehead atoms. The molecule has 1 aliphatic rings.